The average Bonchev–Trinajstić information content (AvgIpc) is 3.32. The minimum Gasteiger partial charge on any atom is -0.344 e. The monoisotopic (exact) mass is 522 g/mol. The number of carbonyl (C=O) groups excluding carboxylic acids is 2. The molecule has 184 valence electrons. The third-order valence-electron chi connectivity index (χ3n) is 7.80. The van der Waals surface area contributed by atoms with Gasteiger partial charge in [0.25, 0.3) is 0 Å². The molecule has 3 aliphatic rings. The summed E-state index contributed by atoms with van der Waals surface area (Å²) < 4.78 is 18.6. The number of imide groups is 1. The van der Waals surface area contributed by atoms with Gasteiger partial charge in [0, 0.05) is 38.8 Å². The lowest BCUT2D eigenvalue weighted by atomic mass is 9.94. The maximum atomic E-state index is 15.7. The van der Waals surface area contributed by atoms with E-state index in [1.54, 1.807) is 17.5 Å². The standard InChI is InChI=1S/C27H24ClFN4O2S/c28-16-9-15-2-8-32(14-27(29)3-6-30-7-4-27)23(15)19(10-16)18-1-5-31-22-11-17(36-24(18)22)13-33-25(34)20-12-21(20)26(33)35/h1-2,5,8-11,20-21,30H,3-4,6-7,12-14H2. The van der Waals surface area contributed by atoms with Gasteiger partial charge in [-0.1, -0.05) is 11.6 Å². The van der Waals surface area contributed by atoms with E-state index in [0.717, 1.165) is 37.1 Å². The maximum Gasteiger partial charge on any atom is 0.233 e. The number of rotatable bonds is 5. The number of halogens is 2. The second kappa shape index (κ2) is 8.10. The first-order chi connectivity index (χ1) is 17.4. The number of benzene rings is 1. The number of alkyl halides is 1. The molecule has 0 spiro atoms. The quantitative estimate of drug-likeness (QED) is 0.367. The molecule has 4 aromatic rings. The summed E-state index contributed by atoms with van der Waals surface area (Å²) in [5, 5.41) is 4.82. The SMILES string of the molecule is O=C1C2CC2C(=O)N1Cc1cc2nccc(-c3cc(Cl)cc4ccn(CC5(F)CCNCC5)c34)c2s1. The van der Waals surface area contributed by atoms with Gasteiger partial charge in [0.2, 0.25) is 11.8 Å². The van der Waals surface area contributed by atoms with Crippen LogP contribution in [0.4, 0.5) is 4.39 Å². The van der Waals surface area contributed by atoms with Crippen LogP contribution in [-0.2, 0) is 22.7 Å². The minimum absolute atomic E-state index is 0.0527. The maximum absolute atomic E-state index is 15.7. The van der Waals surface area contributed by atoms with Gasteiger partial charge in [0.15, 0.2) is 0 Å². The highest BCUT2D eigenvalue weighted by Crippen LogP contribution is 2.48. The number of nitrogens with zero attached hydrogens (tertiary/aromatic N) is 3. The molecule has 2 atom stereocenters. The number of nitrogens with one attached hydrogen (secondary N) is 1. The zero-order valence-corrected chi connectivity index (χ0v) is 21.0. The van der Waals surface area contributed by atoms with Crippen LogP contribution >= 0.6 is 22.9 Å². The Balaban J connectivity index is 1.31. The molecule has 1 aliphatic carbocycles. The number of piperidine rings is 2. The molecular formula is C27H24ClFN4O2S. The van der Waals surface area contributed by atoms with Crippen LogP contribution in [0.1, 0.15) is 24.1 Å². The molecule has 6 nitrogen and oxygen atoms in total. The Labute approximate surface area is 216 Å². The normalized spacial score (nSPS) is 23.1. The Morgan fingerprint density at radius 2 is 1.89 bits per heavy atom. The highest BCUT2D eigenvalue weighted by molar-refractivity contribution is 7.19. The van der Waals surface area contributed by atoms with E-state index in [4.69, 9.17) is 11.6 Å². The van der Waals surface area contributed by atoms with Gasteiger partial charge < -0.3 is 9.88 Å². The first kappa shape index (κ1) is 22.4. The zero-order chi connectivity index (χ0) is 24.6. The van der Waals surface area contributed by atoms with Gasteiger partial charge in [-0.3, -0.25) is 19.5 Å². The number of pyridine rings is 1. The fourth-order valence-corrected chi connectivity index (χ4v) is 7.18. The van der Waals surface area contributed by atoms with Crippen LogP contribution in [0.5, 0.6) is 0 Å². The summed E-state index contributed by atoms with van der Waals surface area (Å²) >= 11 is 8.08. The lowest BCUT2D eigenvalue weighted by Gasteiger charge is -2.31. The number of hydrogen-bond acceptors (Lipinski definition) is 5. The van der Waals surface area contributed by atoms with Crippen LogP contribution in [0.15, 0.2) is 42.7 Å². The summed E-state index contributed by atoms with van der Waals surface area (Å²) in [6, 6.07) is 9.76. The molecule has 1 saturated carbocycles. The first-order valence-electron chi connectivity index (χ1n) is 12.3. The van der Waals surface area contributed by atoms with Crippen molar-refractivity contribution in [1.82, 2.24) is 19.8 Å². The molecular weight excluding hydrogens is 499 g/mol. The molecule has 3 fully saturated rings. The molecule has 0 radical (unpaired) electrons. The summed E-state index contributed by atoms with van der Waals surface area (Å²) in [5.41, 5.74) is 2.39. The van der Waals surface area contributed by atoms with E-state index < -0.39 is 5.67 Å². The molecule has 5 heterocycles. The zero-order valence-electron chi connectivity index (χ0n) is 19.5. The van der Waals surface area contributed by atoms with E-state index >= 15 is 4.39 Å². The van der Waals surface area contributed by atoms with Crippen LogP contribution in [0.25, 0.3) is 32.2 Å². The predicted octanol–water partition coefficient (Wildman–Crippen LogP) is 5.17. The van der Waals surface area contributed by atoms with Crippen molar-refractivity contribution in [2.24, 2.45) is 11.8 Å². The fourth-order valence-electron chi connectivity index (χ4n) is 5.83. The smallest absolute Gasteiger partial charge is 0.233 e. The van der Waals surface area contributed by atoms with E-state index in [1.165, 1.54) is 4.90 Å². The third-order valence-corrected chi connectivity index (χ3v) is 9.16. The number of likely N-dealkylation sites (tertiary alicyclic amines) is 1. The van der Waals surface area contributed by atoms with Gasteiger partial charge in [-0.2, -0.15) is 0 Å². The molecule has 9 heteroatoms. The molecule has 7 rings (SSSR count). The Kier molecular flexibility index (Phi) is 5.04. The van der Waals surface area contributed by atoms with Gasteiger partial charge in [-0.25, -0.2) is 4.39 Å². The van der Waals surface area contributed by atoms with E-state index in [2.05, 4.69) is 10.3 Å². The molecule has 2 aliphatic heterocycles. The molecule has 1 aromatic carbocycles. The van der Waals surface area contributed by atoms with Crippen LogP contribution in [0.2, 0.25) is 5.02 Å². The number of fused-ring (bicyclic) bond motifs is 3. The number of amides is 2. The van der Waals surface area contributed by atoms with E-state index in [1.807, 2.05) is 41.1 Å². The Morgan fingerprint density at radius 3 is 2.67 bits per heavy atom. The Hall–Kier alpha value is -2.81. The lowest BCUT2D eigenvalue weighted by molar-refractivity contribution is -0.141. The van der Waals surface area contributed by atoms with Crippen molar-refractivity contribution in [2.45, 2.75) is 38.0 Å². The topological polar surface area (TPSA) is 67.2 Å². The molecule has 3 aromatic heterocycles. The third kappa shape index (κ3) is 3.57. The van der Waals surface area contributed by atoms with Crippen LogP contribution in [-0.4, -0.2) is 45.0 Å². The lowest BCUT2D eigenvalue weighted by Crippen LogP contribution is -2.41. The van der Waals surface area contributed by atoms with Gasteiger partial charge >= 0.3 is 0 Å². The molecule has 2 saturated heterocycles. The number of carbonyl (C=O) groups is 2. The molecule has 2 unspecified atom stereocenters. The number of aromatic nitrogens is 2. The van der Waals surface area contributed by atoms with E-state index in [0.29, 0.717) is 37.4 Å². The van der Waals surface area contributed by atoms with Gasteiger partial charge in [-0.15, -0.1) is 11.3 Å². The van der Waals surface area contributed by atoms with Crippen molar-refractivity contribution < 1.29 is 14.0 Å². The summed E-state index contributed by atoms with van der Waals surface area (Å²) in [6.07, 6.45) is 5.38. The van der Waals surface area contributed by atoms with E-state index in [-0.39, 0.29) is 36.7 Å². The van der Waals surface area contributed by atoms with Gasteiger partial charge in [0.05, 0.1) is 40.7 Å². The van der Waals surface area contributed by atoms with Crippen LogP contribution < -0.4 is 5.32 Å². The minimum atomic E-state index is -1.26. The molecule has 36 heavy (non-hydrogen) atoms. The predicted molar refractivity (Wildman–Crippen MR) is 139 cm³/mol. The van der Waals surface area contributed by atoms with Crippen LogP contribution in [0.3, 0.4) is 0 Å². The second-order valence-corrected chi connectivity index (χ2v) is 11.8. The summed E-state index contributed by atoms with van der Waals surface area (Å²) in [6.45, 7) is 1.94. The van der Waals surface area contributed by atoms with Crippen molar-refractivity contribution in [3.63, 3.8) is 0 Å². The Bertz CT molecular complexity index is 1540. The average molecular weight is 523 g/mol. The summed E-state index contributed by atoms with van der Waals surface area (Å²) in [4.78, 5) is 31.8. The Morgan fingerprint density at radius 1 is 1.11 bits per heavy atom. The largest absolute Gasteiger partial charge is 0.344 e. The van der Waals surface area contributed by atoms with Gasteiger partial charge in [0.1, 0.15) is 5.67 Å². The van der Waals surface area contributed by atoms with Crippen molar-refractivity contribution in [1.29, 1.82) is 0 Å². The molecule has 0 bridgehead atoms. The second-order valence-electron chi connectivity index (χ2n) is 10.2. The summed E-state index contributed by atoms with van der Waals surface area (Å²) in [5.74, 6) is -0.315. The highest BCUT2D eigenvalue weighted by Gasteiger charge is 2.58. The number of thiophene rings is 1. The van der Waals surface area contributed by atoms with Crippen molar-refractivity contribution >= 4 is 55.9 Å². The van der Waals surface area contributed by atoms with Crippen molar-refractivity contribution in [2.75, 3.05) is 13.1 Å². The molecule has 1 N–H and O–H groups in total. The first-order valence-corrected chi connectivity index (χ1v) is 13.5. The van der Waals surface area contributed by atoms with Crippen molar-refractivity contribution in [3.8, 4) is 11.1 Å². The summed E-state index contributed by atoms with van der Waals surface area (Å²) in [7, 11) is 0. The highest BCUT2D eigenvalue weighted by atomic mass is 35.5. The van der Waals surface area contributed by atoms with E-state index in [9.17, 15) is 9.59 Å². The van der Waals surface area contributed by atoms with Gasteiger partial charge in [-0.05, 0) is 62.7 Å². The fraction of sp³-hybridized carbons (Fsp3) is 0.370. The van der Waals surface area contributed by atoms with Crippen LogP contribution in [0, 0.1) is 11.8 Å². The number of hydrogen-bond donors (Lipinski definition) is 1. The molecule has 2 amide bonds. The van der Waals surface area contributed by atoms with Crippen molar-refractivity contribution in [3.05, 3.63) is 52.6 Å².